The highest BCUT2D eigenvalue weighted by atomic mass is 19.2. The van der Waals surface area contributed by atoms with E-state index in [0.717, 1.165) is 31.4 Å². The van der Waals surface area contributed by atoms with Crippen molar-refractivity contribution in [2.45, 2.75) is 102 Å². The van der Waals surface area contributed by atoms with Crippen LogP contribution in [0, 0.1) is 35.1 Å². The van der Waals surface area contributed by atoms with Gasteiger partial charge in [0.1, 0.15) is 17.8 Å². The van der Waals surface area contributed by atoms with Gasteiger partial charge in [0.2, 0.25) is 0 Å². The molecular weight excluding hydrogens is 479 g/mol. The number of allylic oxidation sites excluding steroid dienone is 1. The molecule has 0 spiro atoms. The summed E-state index contributed by atoms with van der Waals surface area (Å²) >= 11 is 0. The van der Waals surface area contributed by atoms with E-state index >= 15 is 0 Å². The molecule has 0 heterocycles. The Morgan fingerprint density at radius 3 is 2.05 bits per heavy atom. The minimum absolute atomic E-state index is 0.0420. The molecule has 0 atom stereocenters. The quantitative estimate of drug-likeness (QED) is 0.158. The molecule has 0 saturated heterocycles. The smallest absolute Gasteiger partial charge is 0.174 e. The Morgan fingerprint density at radius 2 is 1.41 bits per heavy atom. The van der Waals surface area contributed by atoms with Crippen LogP contribution in [-0.4, -0.2) is 6.17 Å². The number of rotatable bonds is 11. The fraction of sp³-hybridized carbons (Fsp3) is 0.500. The van der Waals surface area contributed by atoms with Crippen LogP contribution < -0.4 is 0 Å². The zero-order valence-electron chi connectivity index (χ0n) is 21.7. The zero-order chi connectivity index (χ0) is 26.6. The third kappa shape index (κ3) is 8.73. The molecule has 2 aromatic carbocycles. The molecule has 2 aromatic rings. The van der Waals surface area contributed by atoms with Gasteiger partial charge in [-0.3, -0.25) is 0 Å². The predicted molar refractivity (Wildman–Crippen MR) is 141 cm³/mol. The first-order chi connectivity index (χ1) is 17.9. The third-order valence-electron chi connectivity index (χ3n) is 7.14. The normalized spacial score (nSPS) is 17.7. The van der Waals surface area contributed by atoms with Crippen molar-refractivity contribution in [3.8, 4) is 11.8 Å². The first kappa shape index (κ1) is 29.0. The first-order valence-corrected chi connectivity index (χ1v) is 13.7. The third-order valence-corrected chi connectivity index (χ3v) is 7.14. The summed E-state index contributed by atoms with van der Waals surface area (Å²) in [6.07, 6.45) is 14.3. The Morgan fingerprint density at radius 1 is 0.784 bits per heavy atom. The zero-order valence-corrected chi connectivity index (χ0v) is 21.7. The lowest BCUT2D eigenvalue weighted by Crippen LogP contribution is -2.15. The maximum atomic E-state index is 14.7. The molecule has 0 aromatic heterocycles. The number of benzene rings is 2. The molecule has 37 heavy (non-hydrogen) atoms. The molecule has 1 aliphatic rings. The Bertz CT molecular complexity index is 1080. The lowest BCUT2D eigenvalue weighted by molar-refractivity contribution is 0.233. The standard InChI is InChI=1S/C32H37F5/c1-2-3-4-5-6-7-8-9-10-11-12-28-29(34)21-23(22-30(28)35)13-14-25-17-20-27(32(37)31(25)36)24-15-18-26(33)19-16-24/h11-12,17,20-22,24,26H,2-10,15-16,18-19H2,1H3/b12-11+. The second kappa shape index (κ2) is 15.0. The number of halogens is 5. The van der Waals surface area contributed by atoms with E-state index in [1.54, 1.807) is 6.08 Å². The number of alkyl halides is 1. The molecule has 0 radical (unpaired) electrons. The molecular formula is C32H37F5. The van der Waals surface area contributed by atoms with Crippen LogP contribution in [0.25, 0.3) is 6.08 Å². The summed E-state index contributed by atoms with van der Waals surface area (Å²) in [4.78, 5) is 0. The van der Waals surface area contributed by atoms with Crippen molar-refractivity contribution >= 4 is 6.08 Å². The Kier molecular flexibility index (Phi) is 11.7. The Balaban J connectivity index is 1.57. The topological polar surface area (TPSA) is 0 Å². The van der Waals surface area contributed by atoms with E-state index in [1.807, 2.05) is 0 Å². The number of hydrogen-bond acceptors (Lipinski definition) is 0. The van der Waals surface area contributed by atoms with Crippen LogP contribution in [0.1, 0.15) is 119 Å². The van der Waals surface area contributed by atoms with E-state index in [0.29, 0.717) is 25.7 Å². The van der Waals surface area contributed by atoms with Gasteiger partial charge in [-0.1, -0.05) is 81.9 Å². The summed E-state index contributed by atoms with van der Waals surface area (Å²) in [5.74, 6) is 1.25. The fourth-order valence-electron chi connectivity index (χ4n) is 4.89. The predicted octanol–water partition coefficient (Wildman–Crippen LogP) is 10.2. The van der Waals surface area contributed by atoms with Gasteiger partial charge in [-0.2, -0.15) is 0 Å². The van der Waals surface area contributed by atoms with Crippen LogP contribution in [0.5, 0.6) is 0 Å². The SMILES string of the molecule is CCCCCCCCCC/C=C/c1c(F)cc(C#Cc2ccc(C3CCC(F)CC3)c(F)c2F)cc1F. The van der Waals surface area contributed by atoms with Crippen molar-refractivity contribution in [3.63, 3.8) is 0 Å². The summed E-state index contributed by atoms with van der Waals surface area (Å²) in [5, 5.41) is 0. The second-order valence-corrected chi connectivity index (χ2v) is 10.0. The molecule has 1 aliphatic carbocycles. The monoisotopic (exact) mass is 516 g/mol. The van der Waals surface area contributed by atoms with Crippen molar-refractivity contribution in [2.24, 2.45) is 0 Å². The van der Waals surface area contributed by atoms with E-state index in [9.17, 15) is 22.0 Å². The van der Waals surface area contributed by atoms with Crippen LogP contribution in [0.3, 0.4) is 0 Å². The molecule has 200 valence electrons. The minimum Gasteiger partial charge on any atom is -0.247 e. The fourth-order valence-corrected chi connectivity index (χ4v) is 4.89. The van der Waals surface area contributed by atoms with Gasteiger partial charge in [0.15, 0.2) is 11.6 Å². The van der Waals surface area contributed by atoms with Crippen molar-refractivity contribution in [1.29, 1.82) is 0 Å². The van der Waals surface area contributed by atoms with Crippen molar-refractivity contribution in [2.75, 3.05) is 0 Å². The van der Waals surface area contributed by atoms with Crippen molar-refractivity contribution < 1.29 is 22.0 Å². The molecule has 0 nitrogen and oxygen atoms in total. The molecule has 5 heteroatoms. The minimum atomic E-state index is -1.09. The van der Waals surface area contributed by atoms with E-state index in [-0.39, 0.29) is 28.2 Å². The lowest BCUT2D eigenvalue weighted by Gasteiger charge is -2.25. The van der Waals surface area contributed by atoms with Gasteiger partial charge in [-0.25, -0.2) is 22.0 Å². The number of hydrogen-bond donors (Lipinski definition) is 0. The van der Waals surface area contributed by atoms with E-state index in [4.69, 9.17) is 0 Å². The van der Waals surface area contributed by atoms with E-state index in [2.05, 4.69) is 18.8 Å². The van der Waals surface area contributed by atoms with Crippen LogP contribution in [0.15, 0.2) is 30.3 Å². The highest BCUT2D eigenvalue weighted by Crippen LogP contribution is 2.36. The molecule has 0 unspecified atom stereocenters. The summed E-state index contributed by atoms with van der Waals surface area (Å²) in [6.45, 7) is 2.20. The molecule has 0 aliphatic heterocycles. The van der Waals surface area contributed by atoms with E-state index in [1.165, 1.54) is 56.7 Å². The average molecular weight is 517 g/mol. The number of unbranched alkanes of at least 4 members (excludes halogenated alkanes) is 8. The second-order valence-electron chi connectivity index (χ2n) is 10.0. The van der Waals surface area contributed by atoms with Gasteiger partial charge >= 0.3 is 0 Å². The molecule has 0 bridgehead atoms. The largest absolute Gasteiger partial charge is 0.247 e. The van der Waals surface area contributed by atoms with Crippen LogP contribution in [-0.2, 0) is 0 Å². The van der Waals surface area contributed by atoms with Gasteiger partial charge in [0, 0.05) is 11.1 Å². The summed E-state index contributed by atoms with van der Waals surface area (Å²) in [7, 11) is 0. The Hall–Kier alpha value is -2.61. The highest BCUT2D eigenvalue weighted by molar-refractivity contribution is 5.54. The summed E-state index contributed by atoms with van der Waals surface area (Å²) in [6, 6.07) is 5.05. The molecule has 0 amide bonds. The lowest BCUT2D eigenvalue weighted by atomic mass is 9.82. The van der Waals surface area contributed by atoms with Gasteiger partial charge in [0.25, 0.3) is 0 Å². The maximum absolute atomic E-state index is 14.7. The summed E-state index contributed by atoms with van der Waals surface area (Å²) < 4.78 is 71.7. The maximum Gasteiger partial charge on any atom is 0.174 e. The van der Waals surface area contributed by atoms with E-state index < -0.39 is 29.4 Å². The van der Waals surface area contributed by atoms with Gasteiger partial charge < -0.3 is 0 Å². The summed E-state index contributed by atoms with van der Waals surface area (Å²) in [5.41, 5.74) is -0.0409. The molecule has 0 N–H and O–H groups in total. The van der Waals surface area contributed by atoms with Crippen molar-refractivity contribution in [3.05, 3.63) is 75.9 Å². The van der Waals surface area contributed by atoms with Gasteiger partial charge in [-0.15, -0.1) is 0 Å². The van der Waals surface area contributed by atoms with Crippen molar-refractivity contribution in [1.82, 2.24) is 0 Å². The van der Waals surface area contributed by atoms with Crippen LogP contribution >= 0.6 is 0 Å². The van der Waals surface area contributed by atoms with Crippen LogP contribution in [0.2, 0.25) is 0 Å². The molecule has 1 saturated carbocycles. The van der Waals surface area contributed by atoms with Crippen LogP contribution in [0.4, 0.5) is 22.0 Å². The van der Waals surface area contributed by atoms with Gasteiger partial charge in [0.05, 0.1) is 5.56 Å². The molecule has 3 rings (SSSR count). The molecule has 1 fully saturated rings. The Labute approximate surface area is 218 Å². The average Bonchev–Trinajstić information content (AvgIpc) is 2.88. The highest BCUT2D eigenvalue weighted by Gasteiger charge is 2.26. The van der Waals surface area contributed by atoms with Gasteiger partial charge in [-0.05, 0) is 68.2 Å². The first-order valence-electron chi connectivity index (χ1n) is 13.7.